The first-order valence-corrected chi connectivity index (χ1v) is 12.1. The van der Waals surface area contributed by atoms with Crippen molar-refractivity contribution in [2.45, 2.75) is 40.0 Å². The number of rotatable bonds is 4. The van der Waals surface area contributed by atoms with Gasteiger partial charge in [-0.15, -0.1) is 0 Å². The zero-order valence-corrected chi connectivity index (χ0v) is 21.7. The summed E-state index contributed by atoms with van der Waals surface area (Å²) in [6.45, 7) is 11.4. The first-order chi connectivity index (χ1) is 17.1. The molecule has 0 saturated heterocycles. The quantitative estimate of drug-likeness (QED) is 0.303. The first kappa shape index (κ1) is 24.9. The molecule has 2 aromatic carbocycles. The van der Waals surface area contributed by atoms with Crippen LogP contribution < -0.4 is 4.90 Å². The number of amides is 2. The zero-order valence-electron chi connectivity index (χ0n) is 21.7. The van der Waals surface area contributed by atoms with Crippen molar-refractivity contribution in [2.24, 2.45) is 0 Å². The Labute approximate surface area is 213 Å². The van der Waals surface area contributed by atoms with E-state index < -0.39 is 11.8 Å². The lowest BCUT2D eigenvalue weighted by Gasteiger charge is -2.28. The molecule has 2 aromatic rings. The van der Waals surface area contributed by atoms with Crippen LogP contribution in [0.25, 0.3) is 10.8 Å². The van der Waals surface area contributed by atoms with E-state index in [2.05, 4.69) is 75.1 Å². The highest BCUT2D eigenvalue weighted by Crippen LogP contribution is 2.51. The molecule has 2 aliphatic rings. The SMILES string of the molecule is CCN1/C(=C(C)/C=C/C=C/C=C2/C(=O)N(C)C(=O)C(C#N)=C2C)C(C)(C)c2c1ccc1ccccc21. The fraction of sp³-hybridized carbons (Fsp3) is 0.258. The number of benzene rings is 2. The minimum Gasteiger partial charge on any atom is -0.344 e. The topological polar surface area (TPSA) is 64.4 Å². The minimum atomic E-state index is -0.559. The second-order valence-electron chi connectivity index (χ2n) is 9.69. The standard InChI is InChI=1S/C31H31N3O2/c1-7-34-26-18-17-22-14-11-12-16-24(22)27(26)31(4,5)28(34)20(2)13-9-8-10-15-23-21(3)25(19-32)30(36)33(6)29(23)35/h8-18H,7H2,1-6H3/b10-8+,13-9+,23-15+,28-20+. The number of carbonyl (C=O) groups excluding carboxylic acids is 2. The van der Waals surface area contributed by atoms with E-state index in [9.17, 15) is 14.9 Å². The molecule has 182 valence electrons. The van der Waals surface area contributed by atoms with E-state index >= 15 is 0 Å². The fourth-order valence-corrected chi connectivity index (χ4v) is 5.47. The third kappa shape index (κ3) is 3.89. The van der Waals surface area contributed by atoms with Gasteiger partial charge in [-0.1, -0.05) is 68.5 Å². The molecule has 0 bridgehead atoms. The lowest BCUT2D eigenvalue weighted by atomic mass is 9.80. The summed E-state index contributed by atoms with van der Waals surface area (Å²) in [6.07, 6.45) is 9.33. The van der Waals surface area contributed by atoms with Crippen LogP contribution in [0.4, 0.5) is 5.69 Å². The number of nitrogens with zero attached hydrogens (tertiary/aromatic N) is 3. The van der Waals surface area contributed by atoms with Crippen molar-refractivity contribution in [1.82, 2.24) is 4.90 Å². The van der Waals surface area contributed by atoms with Crippen molar-refractivity contribution in [3.8, 4) is 6.07 Å². The molecule has 0 atom stereocenters. The van der Waals surface area contributed by atoms with Crippen LogP contribution in [0.2, 0.25) is 0 Å². The van der Waals surface area contributed by atoms with Gasteiger partial charge in [0, 0.05) is 36.0 Å². The molecule has 0 radical (unpaired) electrons. The number of carbonyl (C=O) groups is 2. The van der Waals surface area contributed by atoms with Crippen LogP contribution in [0.5, 0.6) is 0 Å². The average Bonchev–Trinajstić information content (AvgIpc) is 3.11. The van der Waals surface area contributed by atoms with Gasteiger partial charge in [0.25, 0.3) is 11.8 Å². The number of likely N-dealkylation sites (N-methyl/N-ethyl adjacent to an activating group) is 2. The molecule has 0 fully saturated rings. The van der Waals surface area contributed by atoms with E-state index in [0.717, 1.165) is 11.4 Å². The van der Waals surface area contributed by atoms with Gasteiger partial charge in [-0.05, 0) is 60.4 Å². The summed E-state index contributed by atoms with van der Waals surface area (Å²) in [4.78, 5) is 28.0. The third-order valence-corrected chi connectivity index (χ3v) is 7.15. The van der Waals surface area contributed by atoms with Crippen LogP contribution >= 0.6 is 0 Å². The Morgan fingerprint density at radius 1 is 1.06 bits per heavy atom. The molecule has 0 aliphatic carbocycles. The van der Waals surface area contributed by atoms with Gasteiger partial charge >= 0.3 is 0 Å². The molecule has 0 N–H and O–H groups in total. The highest BCUT2D eigenvalue weighted by Gasteiger charge is 2.41. The van der Waals surface area contributed by atoms with Gasteiger partial charge in [-0.3, -0.25) is 14.5 Å². The van der Waals surface area contributed by atoms with Crippen LogP contribution in [0.15, 0.2) is 94.8 Å². The Bertz CT molecular complexity index is 1470. The number of imide groups is 1. The molecule has 5 heteroatoms. The lowest BCUT2D eigenvalue weighted by Crippen LogP contribution is -2.39. The Morgan fingerprint density at radius 2 is 1.78 bits per heavy atom. The fourth-order valence-electron chi connectivity index (χ4n) is 5.47. The monoisotopic (exact) mass is 477 g/mol. The highest BCUT2D eigenvalue weighted by molar-refractivity contribution is 6.17. The highest BCUT2D eigenvalue weighted by atomic mass is 16.2. The molecular formula is C31H31N3O2. The Balaban J connectivity index is 1.67. The second-order valence-corrected chi connectivity index (χ2v) is 9.69. The predicted molar refractivity (Wildman–Crippen MR) is 145 cm³/mol. The molecule has 0 spiro atoms. The second kappa shape index (κ2) is 9.47. The van der Waals surface area contributed by atoms with Crippen LogP contribution in [0.1, 0.15) is 40.2 Å². The maximum atomic E-state index is 12.5. The molecule has 0 saturated carbocycles. The van der Waals surface area contributed by atoms with Crippen molar-refractivity contribution in [3.63, 3.8) is 0 Å². The Morgan fingerprint density at radius 3 is 2.47 bits per heavy atom. The van der Waals surface area contributed by atoms with Crippen LogP contribution in [0.3, 0.4) is 0 Å². The molecule has 2 heterocycles. The summed E-state index contributed by atoms with van der Waals surface area (Å²) < 4.78 is 0. The molecular weight excluding hydrogens is 446 g/mol. The van der Waals surface area contributed by atoms with Gasteiger partial charge in [0.2, 0.25) is 0 Å². The van der Waals surface area contributed by atoms with Crippen LogP contribution in [-0.4, -0.2) is 30.3 Å². The smallest absolute Gasteiger partial charge is 0.271 e. The lowest BCUT2D eigenvalue weighted by molar-refractivity contribution is -0.138. The Hall–Kier alpha value is -4.17. The molecule has 2 aliphatic heterocycles. The van der Waals surface area contributed by atoms with Gasteiger partial charge in [-0.25, -0.2) is 0 Å². The number of allylic oxidation sites excluding steroid dienone is 7. The number of hydrogen-bond donors (Lipinski definition) is 0. The summed E-state index contributed by atoms with van der Waals surface area (Å²) in [5, 5.41) is 11.8. The molecule has 4 rings (SSSR count). The number of nitriles is 1. The predicted octanol–water partition coefficient (Wildman–Crippen LogP) is 6.11. The van der Waals surface area contributed by atoms with Crippen LogP contribution in [0, 0.1) is 11.3 Å². The molecule has 0 unspecified atom stereocenters. The van der Waals surface area contributed by atoms with Crippen molar-refractivity contribution >= 4 is 28.3 Å². The normalized spacial score (nSPS) is 20.3. The third-order valence-electron chi connectivity index (χ3n) is 7.15. The zero-order chi connectivity index (χ0) is 26.2. The maximum Gasteiger partial charge on any atom is 0.271 e. The van der Waals surface area contributed by atoms with Gasteiger partial charge < -0.3 is 4.90 Å². The largest absolute Gasteiger partial charge is 0.344 e. The van der Waals surface area contributed by atoms with Crippen molar-refractivity contribution in [1.29, 1.82) is 5.26 Å². The minimum absolute atomic E-state index is 0.00285. The van der Waals surface area contributed by atoms with Gasteiger partial charge in [0.1, 0.15) is 11.6 Å². The molecule has 2 amide bonds. The maximum absolute atomic E-state index is 12.5. The number of anilines is 1. The molecule has 36 heavy (non-hydrogen) atoms. The first-order valence-electron chi connectivity index (χ1n) is 12.1. The van der Waals surface area contributed by atoms with Crippen molar-refractivity contribution in [3.05, 3.63) is 100 Å². The summed E-state index contributed by atoms with van der Waals surface area (Å²) in [6, 6.07) is 14.9. The molecule has 0 aromatic heterocycles. The number of fused-ring (bicyclic) bond motifs is 3. The van der Waals surface area contributed by atoms with E-state index in [1.165, 1.54) is 40.3 Å². The summed E-state index contributed by atoms with van der Waals surface area (Å²) in [5.41, 5.74) is 5.67. The van der Waals surface area contributed by atoms with E-state index in [-0.39, 0.29) is 11.0 Å². The molecule has 5 nitrogen and oxygen atoms in total. The van der Waals surface area contributed by atoms with Gasteiger partial charge in [0.15, 0.2) is 0 Å². The van der Waals surface area contributed by atoms with E-state index in [4.69, 9.17) is 0 Å². The van der Waals surface area contributed by atoms with E-state index in [1.54, 1.807) is 19.1 Å². The Kier molecular flexibility index (Phi) is 6.56. The van der Waals surface area contributed by atoms with Crippen molar-refractivity contribution in [2.75, 3.05) is 18.5 Å². The van der Waals surface area contributed by atoms with E-state index in [1.807, 2.05) is 18.2 Å². The van der Waals surface area contributed by atoms with Crippen molar-refractivity contribution < 1.29 is 9.59 Å². The van der Waals surface area contributed by atoms with E-state index in [0.29, 0.717) is 11.1 Å². The summed E-state index contributed by atoms with van der Waals surface area (Å²) in [7, 11) is 1.39. The van der Waals surface area contributed by atoms with Gasteiger partial charge in [-0.2, -0.15) is 5.26 Å². The van der Waals surface area contributed by atoms with Crippen LogP contribution in [-0.2, 0) is 15.0 Å². The number of hydrogen-bond acceptors (Lipinski definition) is 4. The average molecular weight is 478 g/mol. The summed E-state index contributed by atoms with van der Waals surface area (Å²) >= 11 is 0. The summed E-state index contributed by atoms with van der Waals surface area (Å²) in [5.74, 6) is -0.962. The van der Waals surface area contributed by atoms with Gasteiger partial charge in [0.05, 0.1) is 0 Å².